The lowest BCUT2D eigenvalue weighted by molar-refractivity contribution is -0.120. The molecule has 0 unspecified atom stereocenters. The second-order valence-electron chi connectivity index (χ2n) is 3.75. The average molecular weight is 222 g/mol. The molecule has 84 valence electrons. The molecule has 0 rings (SSSR count). The van der Waals surface area contributed by atoms with Crippen LogP contribution in [-0.2, 0) is 19.4 Å². The van der Waals surface area contributed by atoms with Gasteiger partial charge in [0.1, 0.15) is 12.4 Å². The summed E-state index contributed by atoms with van der Waals surface area (Å²) in [5, 5.41) is 0. The lowest BCUT2D eigenvalue weighted by atomic mass is 10.2. The summed E-state index contributed by atoms with van der Waals surface area (Å²) in [6, 6.07) is 0. The molecule has 0 aliphatic carbocycles. The van der Waals surface area contributed by atoms with Crippen molar-refractivity contribution < 1.29 is 17.9 Å². The minimum absolute atomic E-state index is 0.0835. The smallest absolute Gasteiger partial charge is 0.173 e. The van der Waals surface area contributed by atoms with E-state index < -0.39 is 15.6 Å². The number of hydrogen-bond acceptors (Lipinski definition) is 4. The molecule has 4 nitrogen and oxygen atoms in total. The Balaban J connectivity index is 4.01. The molecule has 0 heterocycles. The molecule has 0 radical (unpaired) electrons. The lowest BCUT2D eigenvalue weighted by Crippen LogP contribution is -2.22. The molecule has 0 bridgehead atoms. The van der Waals surface area contributed by atoms with Crippen molar-refractivity contribution in [3.8, 4) is 0 Å². The number of Topliss-reactive ketones (excluding diaryl/α,β-unsaturated/α-hetero) is 1. The Labute approximate surface area is 85.6 Å². The number of carbonyl (C=O) groups is 1. The van der Waals surface area contributed by atoms with Crippen LogP contribution in [-0.4, -0.2) is 39.4 Å². The fourth-order valence-electron chi connectivity index (χ4n) is 0.935. The van der Waals surface area contributed by atoms with Crippen molar-refractivity contribution in [1.29, 1.82) is 0 Å². The van der Waals surface area contributed by atoms with Gasteiger partial charge in [-0.3, -0.25) is 4.79 Å². The third kappa shape index (κ3) is 7.03. The van der Waals surface area contributed by atoms with Crippen molar-refractivity contribution >= 4 is 15.6 Å². The molecule has 5 heteroatoms. The summed E-state index contributed by atoms with van der Waals surface area (Å²) in [6.07, 6.45) is 0.600. The van der Waals surface area contributed by atoms with E-state index in [1.807, 2.05) is 13.8 Å². The van der Waals surface area contributed by atoms with Gasteiger partial charge in [0.25, 0.3) is 0 Å². The fraction of sp³-hybridized carbons (Fsp3) is 0.889. The number of methoxy groups -OCH3 is 1. The molecule has 0 spiro atoms. The second kappa shape index (κ2) is 6.14. The summed E-state index contributed by atoms with van der Waals surface area (Å²) in [5.74, 6) is -0.355. The van der Waals surface area contributed by atoms with Gasteiger partial charge in [0, 0.05) is 7.11 Å². The maximum absolute atomic E-state index is 11.3. The normalized spacial score (nSPS) is 12.0. The van der Waals surface area contributed by atoms with Crippen molar-refractivity contribution in [3.63, 3.8) is 0 Å². The monoisotopic (exact) mass is 222 g/mol. The number of sulfone groups is 1. The van der Waals surface area contributed by atoms with E-state index >= 15 is 0 Å². The number of rotatable bonds is 7. The van der Waals surface area contributed by atoms with Crippen LogP contribution in [0, 0.1) is 5.92 Å². The average Bonchev–Trinajstić information content (AvgIpc) is 2.00. The SMILES string of the molecule is COCC(=O)CS(=O)(=O)CCC(C)C. The Bertz CT molecular complexity index is 267. The van der Waals surface area contributed by atoms with Crippen LogP contribution in [0.15, 0.2) is 0 Å². The summed E-state index contributed by atoms with van der Waals surface area (Å²) in [6.45, 7) is 3.78. The second-order valence-corrected chi connectivity index (χ2v) is 5.93. The minimum atomic E-state index is -3.23. The van der Waals surface area contributed by atoms with E-state index in [1.54, 1.807) is 0 Å². The Morgan fingerprint density at radius 2 is 1.93 bits per heavy atom. The quantitative estimate of drug-likeness (QED) is 0.635. The molecule has 0 aromatic heterocycles. The fourth-order valence-corrected chi connectivity index (χ4v) is 2.48. The first-order chi connectivity index (χ1) is 6.37. The molecular formula is C9H18O4S. The van der Waals surface area contributed by atoms with Crippen molar-refractivity contribution in [3.05, 3.63) is 0 Å². The molecule has 0 aliphatic heterocycles. The molecule has 0 saturated heterocycles. The topological polar surface area (TPSA) is 60.4 Å². The molecule has 0 aromatic carbocycles. The zero-order chi connectivity index (χ0) is 11.2. The third-order valence-corrected chi connectivity index (χ3v) is 3.31. The van der Waals surface area contributed by atoms with E-state index in [-0.39, 0.29) is 18.1 Å². The maximum Gasteiger partial charge on any atom is 0.173 e. The molecule has 0 amide bonds. The van der Waals surface area contributed by atoms with E-state index in [0.717, 1.165) is 0 Å². The predicted molar refractivity (Wildman–Crippen MR) is 55.0 cm³/mol. The van der Waals surface area contributed by atoms with Gasteiger partial charge in [0.15, 0.2) is 15.6 Å². The molecular weight excluding hydrogens is 204 g/mol. The van der Waals surface area contributed by atoms with E-state index in [9.17, 15) is 13.2 Å². The third-order valence-electron chi connectivity index (χ3n) is 1.69. The first-order valence-corrected chi connectivity index (χ1v) is 6.40. The van der Waals surface area contributed by atoms with Crippen molar-refractivity contribution in [2.75, 3.05) is 25.2 Å². The van der Waals surface area contributed by atoms with Gasteiger partial charge in [-0.25, -0.2) is 8.42 Å². The van der Waals surface area contributed by atoms with E-state index in [4.69, 9.17) is 0 Å². The largest absolute Gasteiger partial charge is 0.377 e. The van der Waals surface area contributed by atoms with Crippen LogP contribution in [0.25, 0.3) is 0 Å². The maximum atomic E-state index is 11.3. The van der Waals surface area contributed by atoms with Crippen LogP contribution in [0.1, 0.15) is 20.3 Å². The predicted octanol–water partition coefficient (Wildman–Crippen LogP) is 0.663. The minimum Gasteiger partial charge on any atom is -0.377 e. The first-order valence-electron chi connectivity index (χ1n) is 4.58. The van der Waals surface area contributed by atoms with Gasteiger partial charge >= 0.3 is 0 Å². The summed E-state index contributed by atoms with van der Waals surface area (Å²) in [5.41, 5.74) is 0. The van der Waals surface area contributed by atoms with Crippen LogP contribution in [0.2, 0.25) is 0 Å². The lowest BCUT2D eigenvalue weighted by Gasteiger charge is -2.05. The highest BCUT2D eigenvalue weighted by Gasteiger charge is 2.16. The highest BCUT2D eigenvalue weighted by atomic mass is 32.2. The zero-order valence-corrected chi connectivity index (χ0v) is 9.76. The van der Waals surface area contributed by atoms with Gasteiger partial charge in [0.05, 0.1) is 5.75 Å². The highest BCUT2D eigenvalue weighted by Crippen LogP contribution is 2.03. The van der Waals surface area contributed by atoms with Gasteiger partial charge in [-0.05, 0) is 12.3 Å². The Morgan fingerprint density at radius 3 is 2.36 bits per heavy atom. The number of hydrogen-bond donors (Lipinski definition) is 0. The standard InChI is InChI=1S/C9H18O4S/c1-8(2)4-5-14(11,12)7-9(10)6-13-3/h8H,4-7H2,1-3H3. The van der Waals surface area contributed by atoms with Gasteiger partial charge in [-0.1, -0.05) is 13.8 Å². The Hall–Kier alpha value is -0.420. The number of carbonyl (C=O) groups excluding carboxylic acids is 1. The molecule has 0 fully saturated rings. The Kier molecular flexibility index (Phi) is 5.95. The van der Waals surface area contributed by atoms with Crippen molar-refractivity contribution in [2.45, 2.75) is 20.3 Å². The molecule has 0 aromatic rings. The van der Waals surface area contributed by atoms with Crippen LogP contribution in [0.3, 0.4) is 0 Å². The summed E-state index contributed by atoms with van der Waals surface area (Å²) in [4.78, 5) is 11.0. The van der Waals surface area contributed by atoms with E-state index in [2.05, 4.69) is 4.74 Å². The molecule has 14 heavy (non-hydrogen) atoms. The van der Waals surface area contributed by atoms with Gasteiger partial charge in [0.2, 0.25) is 0 Å². The molecule has 0 aliphatic rings. The first kappa shape index (κ1) is 13.6. The van der Waals surface area contributed by atoms with Gasteiger partial charge in [-0.2, -0.15) is 0 Å². The number of ether oxygens (including phenoxy) is 1. The molecule has 0 saturated carbocycles. The summed E-state index contributed by atoms with van der Waals surface area (Å²) >= 11 is 0. The molecule has 0 atom stereocenters. The van der Waals surface area contributed by atoms with Crippen molar-refractivity contribution in [2.24, 2.45) is 5.92 Å². The van der Waals surface area contributed by atoms with Crippen LogP contribution >= 0.6 is 0 Å². The van der Waals surface area contributed by atoms with Gasteiger partial charge < -0.3 is 4.74 Å². The highest BCUT2D eigenvalue weighted by molar-refractivity contribution is 7.92. The van der Waals surface area contributed by atoms with E-state index in [0.29, 0.717) is 12.3 Å². The number of ketones is 1. The Morgan fingerprint density at radius 1 is 1.36 bits per heavy atom. The van der Waals surface area contributed by atoms with Crippen LogP contribution < -0.4 is 0 Å². The van der Waals surface area contributed by atoms with Crippen LogP contribution in [0.5, 0.6) is 0 Å². The molecule has 0 N–H and O–H groups in total. The van der Waals surface area contributed by atoms with Gasteiger partial charge in [-0.15, -0.1) is 0 Å². The van der Waals surface area contributed by atoms with Crippen LogP contribution in [0.4, 0.5) is 0 Å². The summed E-state index contributed by atoms with van der Waals surface area (Å²) in [7, 11) is -1.85. The van der Waals surface area contributed by atoms with Crippen molar-refractivity contribution in [1.82, 2.24) is 0 Å². The summed E-state index contributed by atoms with van der Waals surface area (Å²) < 4.78 is 27.2. The zero-order valence-electron chi connectivity index (χ0n) is 8.95. The van der Waals surface area contributed by atoms with E-state index in [1.165, 1.54) is 7.11 Å².